The third-order valence-electron chi connectivity index (χ3n) is 3.15. The Hall–Kier alpha value is -2.61. The van der Waals surface area contributed by atoms with Gasteiger partial charge >= 0.3 is 5.97 Å². The van der Waals surface area contributed by atoms with Crippen molar-refractivity contribution in [1.29, 1.82) is 0 Å². The van der Waals surface area contributed by atoms with Crippen molar-refractivity contribution in [2.45, 2.75) is 11.8 Å². The SMILES string of the molecule is CCOC(=O)c1cccn1S(=O)(=O)c1ccc2nc[nH]c2c1. The minimum atomic E-state index is -3.89. The van der Waals surface area contributed by atoms with E-state index in [1.807, 2.05) is 0 Å². The smallest absolute Gasteiger partial charge is 0.355 e. The number of imidazole rings is 1. The fourth-order valence-corrected chi connectivity index (χ4v) is 3.49. The first-order valence-electron chi connectivity index (χ1n) is 6.57. The van der Waals surface area contributed by atoms with E-state index >= 15 is 0 Å². The van der Waals surface area contributed by atoms with E-state index < -0.39 is 16.0 Å². The Morgan fingerprint density at radius 2 is 2.18 bits per heavy atom. The largest absolute Gasteiger partial charge is 0.461 e. The molecule has 3 rings (SSSR count). The summed E-state index contributed by atoms with van der Waals surface area (Å²) in [6, 6.07) is 7.43. The van der Waals surface area contributed by atoms with Gasteiger partial charge in [0.15, 0.2) is 0 Å². The molecule has 0 fully saturated rings. The fourth-order valence-electron chi connectivity index (χ4n) is 2.13. The van der Waals surface area contributed by atoms with Crippen molar-refractivity contribution in [1.82, 2.24) is 13.9 Å². The van der Waals surface area contributed by atoms with Crippen LogP contribution >= 0.6 is 0 Å². The molecule has 0 aliphatic carbocycles. The number of fused-ring (bicyclic) bond motifs is 1. The molecule has 8 heteroatoms. The molecular weight excluding hydrogens is 306 g/mol. The summed E-state index contributed by atoms with van der Waals surface area (Å²) >= 11 is 0. The highest BCUT2D eigenvalue weighted by atomic mass is 32.2. The molecule has 3 aromatic rings. The molecule has 0 bridgehead atoms. The van der Waals surface area contributed by atoms with Gasteiger partial charge in [0, 0.05) is 6.20 Å². The molecule has 22 heavy (non-hydrogen) atoms. The van der Waals surface area contributed by atoms with Crippen LogP contribution in [0.25, 0.3) is 11.0 Å². The lowest BCUT2D eigenvalue weighted by Gasteiger charge is -2.09. The van der Waals surface area contributed by atoms with Crippen LogP contribution in [0.2, 0.25) is 0 Å². The van der Waals surface area contributed by atoms with Gasteiger partial charge in [-0.25, -0.2) is 22.2 Å². The molecule has 0 radical (unpaired) electrons. The van der Waals surface area contributed by atoms with Crippen molar-refractivity contribution >= 4 is 27.0 Å². The number of benzene rings is 1. The maximum Gasteiger partial charge on any atom is 0.355 e. The Bertz CT molecular complexity index is 940. The summed E-state index contributed by atoms with van der Waals surface area (Å²) in [5, 5.41) is 0. The third-order valence-corrected chi connectivity index (χ3v) is 4.83. The highest BCUT2D eigenvalue weighted by Gasteiger charge is 2.23. The van der Waals surface area contributed by atoms with Crippen LogP contribution in [-0.2, 0) is 14.8 Å². The number of esters is 1. The molecule has 2 heterocycles. The molecule has 7 nitrogen and oxygen atoms in total. The number of aromatic nitrogens is 3. The summed E-state index contributed by atoms with van der Waals surface area (Å²) in [7, 11) is -3.89. The maximum absolute atomic E-state index is 12.7. The van der Waals surface area contributed by atoms with E-state index in [-0.39, 0.29) is 17.2 Å². The number of hydrogen-bond acceptors (Lipinski definition) is 5. The zero-order chi connectivity index (χ0) is 15.7. The van der Waals surface area contributed by atoms with Crippen molar-refractivity contribution < 1.29 is 17.9 Å². The number of ether oxygens (including phenoxy) is 1. The number of carbonyl (C=O) groups is 1. The molecule has 0 atom stereocenters. The quantitative estimate of drug-likeness (QED) is 0.740. The second kappa shape index (κ2) is 5.30. The lowest BCUT2D eigenvalue weighted by atomic mass is 10.3. The molecule has 0 spiro atoms. The van der Waals surface area contributed by atoms with Crippen molar-refractivity contribution in [3.05, 3.63) is 48.5 Å². The first-order chi connectivity index (χ1) is 10.5. The van der Waals surface area contributed by atoms with Gasteiger partial charge < -0.3 is 9.72 Å². The number of nitrogens with one attached hydrogen (secondary N) is 1. The minimum Gasteiger partial charge on any atom is -0.461 e. The molecule has 0 aliphatic rings. The summed E-state index contributed by atoms with van der Waals surface area (Å²) in [6.45, 7) is 1.83. The fraction of sp³-hybridized carbons (Fsp3) is 0.143. The van der Waals surface area contributed by atoms with E-state index in [0.29, 0.717) is 11.0 Å². The zero-order valence-corrected chi connectivity index (χ0v) is 12.5. The molecule has 1 aromatic carbocycles. The van der Waals surface area contributed by atoms with E-state index in [9.17, 15) is 13.2 Å². The zero-order valence-electron chi connectivity index (χ0n) is 11.7. The van der Waals surface area contributed by atoms with Gasteiger partial charge in [-0.1, -0.05) is 0 Å². The number of H-pyrrole nitrogens is 1. The average Bonchev–Trinajstić information content (AvgIpc) is 3.16. The van der Waals surface area contributed by atoms with Crippen LogP contribution < -0.4 is 0 Å². The number of rotatable bonds is 4. The normalized spacial score (nSPS) is 11.7. The summed E-state index contributed by atoms with van der Waals surface area (Å²) in [5.74, 6) is -0.682. The van der Waals surface area contributed by atoms with E-state index in [4.69, 9.17) is 4.74 Å². The van der Waals surface area contributed by atoms with Crippen LogP contribution in [0.4, 0.5) is 0 Å². The van der Waals surface area contributed by atoms with Crippen molar-refractivity contribution in [3.8, 4) is 0 Å². The van der Waals surface area contributed by atoms with Crippen LogP contribution in [0, 0.1) is 0 Å². The Labute approximate surface area is 126 Å². The summed E-state index contributed by atoms with van der Waals surface area (Å²) < 4.78 is 31.2. The van der Waals surface area contributed by atoms with Gasteiger partial charge in [0.25, 0.3) is 10.0 Å². The second-order valence-corrected chi connectivity index (χ2v) is 6.31. The van der Waals surface area contributed by atoms with Crippen molar-refractivity contribution in [2.75, 3.05) is 6.61 Å². The maximum atomic E-state index is 12.7. The molecule has 0 unspecified atom stereocenters. The number of nitrogens with zero attached hydrogens (tertiary/aromatic N) is 2. The molecule has 2 aromatic heterocycles. The summed E-state index contributed by atoms with van der Waals surface area (Å²) in [5.41, 5.74) is 1.23. The molecule has 0 saturated heterocycles. The van der Waals surface area contributed by atoms with Crippen LogP contribution in [0.3, 0.4) is 0 Å². The standard InChI is InChI=1S/C14H13N3O4S/c1-2-21-14(18)13-4-3-7-17(13)22(19,20)10-5-6-11-12(8-10)16-9-15-11/h3-9H,2H2,1H3,(H,15,16). The monoisotopic (exact) mass is 319 g/mol. The second-order valence-electron chi connectivity index (χ2n) is 4.50. The summed E-state index contributed by atoms with van der Waals surface area (Å²) in [6.07, 6.45) is 2.81. The van der Waals surface area contributed by atoms with Gasteiger partial charge in [-0.3, -0.25) is 0 Å². The van der Waals surface area contributed by atoms with E-state index in [1.54, 1.807) is 13.0 Å². The Kier molecular flexibility index (Phi) is 3.45. The minimum absolute atomic E-state index is 0.0356. The van der Waals surface area contributed by atoms with E-state index in [1.165, 1.54) is 36.8 Å². The Morgan fingerprint density at radius 3 is 2.95 bits per heavy atom. The highest BCUT2D eigenvalue weighted by molar-refractivity contribution is 7.90. The molecule has 0 amide bonds. The van der Waals surface area contributed by atoms with E-state index in [0.717, 1.165) is 3.97 Å². The van der Waals surface area contributed by atoms with Gasteiger partial charge in [0.2, 0.25) is 0 Å². The van der Waals surface area contributed by atoms with Gasteiger partial charge in [-0.05, 0) is 37.3 Å². The van der Waals surface area contributed by atoms with Crippen molar-refractivity contribution in [2.24, 2.45) is 0 Å². The average molecular weight is 319 g/mol. The van der Waals surface area contributed by atoms with Crippen molar-refractivity contribution in [3.63, 3.8) is 0 Å². The number of hydrogen-bond donors (Lipinski definition) is 1. The molecule has 0 aliphatic heterocycles. The predicted molar refractivity (Wildman–Crippen MR) is 79.1 cm³/mol. The van der Waals surface area contributed by atoms with Gasteiger partial charge in [-0.2, -0.15) is 0 Å². The van der Waals surface area contributed by atoms with Crippen LogP contribution in [0.5, 0.6) is 0 Å². The Balaban J connectivity index is 2.10. The molecule has 1 N–H and O–H groups in total. The topological polar surface area (TPSA) is 94.1 Å². The predicted octanol–water partition coefficient (Wildman–Crippen LogP) is 1.78. The Morgan fingerprint density at radius 1 is 1.36 bits per heavy atom. The lowest BCUT2D eigenvalue weighted by molar-refractivity contribution is 0.0518. The number of aromatic amines is 1. The van der Waals surface area contributed by atoms with Gasteiger partial charge in [0.05, 0.1) is 28.9 Å². The first-order valence-corrected chi connectivity index (χ1v) is 8.01. The lowest BCUT2D eigenvalue weighted by Crippen LogP contribution is -2.19. The first kappa shape index (κ1) is 14.3. The van der Waals surface area contributed by atoms with Crippen LogP contribution in [-0.4, -0.2) is 34.9 Å². The third kappa shape index (κ3) is 2.27. The van der Waals surface area contributed by atoms with Gasteiger partial charge in [-0.15, -0.1) is 0 Å². The van der Waals surface area contributed by atoms with E-state index in [2.05, 4.69) is 9.97 Å². The molecular formula is C14H13N3O4S. The van der Waals surface area contributed by atoms with Crippen LogP contribution in [0.1, 0.15) is 17.4 Å². The summed E-state index contributed by atoms with van der Waals surface area (Å²) in [4.78, 5) is 18.8. The molecule has 0 saturated carbocycles. The van der Waals surface area contributed by atoms with Crippen LogP contribution in [0.15, 0.2) is 47.8 Å². The van der Waals surface area contributed by atoms with Gasteiger partial charge in [0.1, 0.15) is 5.69 Å². The number of carbonyl (C=O) groups excluding carboxylic acids is 1. The highest BCUT2D eigenvalue weighted by Crippen LogP contribution is 2.20. The molecule has 114 valence electrons.